The van der Waals surface area contributed by atoms with Gasteiger partial charge < -0.3 is 9.52 Å². The number of aryl methyl sites for hydroxylation is 2. The fraction of sp³-hybridized carbons (Fsp3) is 0.667. The Morgan fingerprint density at radius 2 is 1.86 bits per heavy atom. The van der Waals surface area contributed by atoms with E-state index in [9.17, 15) is 5.11 Å². The van der Waals surface area contributed by atoms with Crippen molar-refractivity contribution in [2.24, 2.45) is 5.92 Å². The van der Waals surface area contributed by atoms with Crippen LogP contribution in [0.3, 0.4) is 0 Å². The first-order valence-corrected chi connectivity index (χ1v) is 5.35. The normalized spacial score (nSPS) is 19.4. The number of aliphatic hydroxyl groups excluding tert-OH is 1. The third kappa shape index (κ3) is 1.38. The smallest absolute Gasteiger partial charge is 0.107 e. The van der Waals surface area contributed by atoms with E-state index in [4.69, 9.17) is 4.42 Å². The minimum absolute atomic E-state index is 0.304. The van der Waals surface area contributed by atoms with Gasteiger partial charge in [-0.3, -0.25) is 0 Å². The lowest BCUT2D eigenvalue weighted by Crippen LogP contribution is -2.20. The van der Waals surface area contributed by atoms with E-state index in [2.05, 4.69) is 0 Å². The van der Waals surface area contributed by atoms with Crippen LogP contribution in [0.25, 0.3) is 0 Å². The van der Waals surface area contributed by atoms with Gasteiger partial charge in [0.2, 0.25) is 0 Å². The summed E-state index contributed by atoms with van der Waals surface area (Å²) in [5, 5.41) is 10.2. The van der Waals surface area contributed by atoms with Crippen molar-refractivity contribution in [3.05, 3.63) is 22.6 Å². The predicted molar refractivity (Wildman–Crippen MR) is 55.2 cm³/mol. The van der Waals surface area contributed by atoms with Crippen LogP contribution in [0.2, 0.25) is 0 Å². The van der Waals surface area contributed by atoms with Crippen molar-refractivity contribution in [1.29, 1.82) is 0 Å². The minimum Gasteiger partial charge on any atom is -0.466 e. The molecule has 0 saturated heterocycles. The lowest BCUT2D eigenvalue weighted by molar-refractivity contribution is 0.0605. The molecule has 1 aromatic rings. The average Bonchev–Trinajstić information content (AvgIpc) is 2.23. The van der Waals surface area contributed by atoms with E-state index >= 15 is 0 Å². The van der Waals surface area contributed by atoms with Crippen LogP contribution in [0.4, 0.5) is 0 Å². The molecule has 1 unspecified atom stereocenters. The summed E-state index contributed by atoms with van der Waals surface area (Å²) in [4.78, 5) is 0. The van der Waals surface area contributed by atoms with Gasteiger partial charge in [0.15, 0.2) is 0 Å². The van der Waals surface area contributed by atoms with E-state index in [0.717, 1.165) is 35.5 Å². The molecule has 2 heteroatoms. The predicted octanol–water partition coefficient (Wildman–Crippen LogP) is 3.04. The highest BCUT2D eigenvalue weighted by Gasteiger charge is 2.30. The number of furan rings is 1. The lowest BCUT2D eigenvalue weighted by atomic mass is 9.78. The maximum absolute atomic E-state index is 10.2. The molecule has 0 radical (unpaired) electrons. The van der Waals surface area contributed by atoms with Crippen LogP contribution in [-0.4, -0.2) is 5.11 Å². The second-order valence-corrected chi connectivity index (χ2v) is 4.39. The van der Waals surface area contributed by atoms with Crippen LogP contribution in [0.15, 0.2) is 4.42 Å². The van der Waals surface area contributed by atoms with E-state index in [0.29, 0.717) is 5.92 Å². The van der Waals surface area contributed by atoms with Gasteiger partial charge in [0, 0.05) is 5.56 Å². The Balaban J connectivity index is 2.29. The molecule has 1 N–H and O–H groups in total. The first kappa shape index (κ1) is 9.78. The lowest BCUT2D eigenvalue weighted by Gasteiger charge is -2.30. The molecule has 0 aliphatic heterocycles. The zero-order valence-electron chi connectivity index (χ0n) is 9.13. The van der Waals surface area contributed by atoms with Crippen LogP contribution in [-0.2, 0) is 0 Å². The molecule has 78 valence electrons. The minimum atomic E-state index is -0.304. The molecular weight excluding hydrogens is 176 g/mol. The van der Waals surface area contributed by atoms with Crippen LogP contribution in [0.5, 0.6) is 0 Å². The fourth-order valence-electron chi connectivity index (χ4n) is 2.24. The summed E-state index contributed by atoms with van der Waals surface area (Å²) in [5.74, 6) is 2.29. The number of hydrogen-bond donors (Lipinski definition) is 1. The van der Waals surface area contributed by atoms with Gasteiger partial charge in [-0.25, -0.2) is 0 Å². The van der Waals surface area contributed by atoms with Gasteiger partial charge >= 0.3 is 0 Å². The van der Waals surface area contributed by atoms with Gasteiger partial charge in [-0.15, -0.1) is 0 Å². The Bertz CT molecular complexity index is 334. The Kier molecular flexibility index (Phi) is 2.40. The molecule has 2 nitrogen and oxygen atoms in total. The molecule has 1 aliphatic carbocycles. The standard InChI is InChI=1S/C12H18O2/c1-7-8(2)14-9(3)11(7)12(13)10-5-4-6-10/h10,12-13H,4-6H2,1-3H3. The van der Waals surface area contributed by atoms with Crippen molar-refractivity contribution in [2.75, 3.05) is 0 Å². The van der Waals surface area contributed by atoms with Crippen molar-refractivity contribution in [3.8, 4) is 0 Å². The van der Waals surface area contributed by atoms with Crippen molar-refractivity contribution in [2.45, 2.75) is 46.1 Å². The zero-order chi connectivity index (χ0) is 10.3. The van der Waals surface area contributed by atoms with Gasteiger partial charge in [0.1, 0.15) is 11.5 Å². The molecule has 0 spiro atoms. The number of hydrogen-bond acceptors (Lipinski definition) is 2. The zero-order valence-corrected chi connectivity index (χ0v) is 9.13. The molecule has 1 fully saturated rings. The molecule has 1 aromatic heterocycles. The molecule has 0 bridgehead atoms. The quantitative estimate of drug-likeness (QED) is 0.785. The highest BCUT2D eigenvalue weighted by molar-refractivity contribution is 5.33. The van der Waals surface area contributed by atoms with Gasteiger partial charge in [-0.05, 0) is 45.1 Å². The topological polar surface area (TPSA) is 33.4 Å². The van der Waals surface area contributed by atoms with E-state index < -0.39 is 0 Å². The molecule has 1 saturated carbocycles. The largest absolute Gasteiger partial charge is 0.466 e. The van der Waals surface area contributed by atoms with Crippen molar-refractivity contribution in [1.82, 2.24) is 0 Å². The van der Waals surface area contributed by atoms with Gasteiger partial charge in [-0.1, -0.05) is 6.42 Å². The Morgan fingerprint density at radius 1 is 1.21 bits per heavy atom. The fourth-order valence-corrected chi connectivity index (χ4v) is 2.24. The molecule has 2 rings (SSSR count). The summed E-state index contributed by atoms with van der Waals surface area (Å²) < 4.78 is 5.53. The molecule has 1 atom stereocenters. The summed E-state index contributed by atoms with van der Waals surface area (Å²) >= 11 is 0. The first-order chi connectivity index (χ1) is 6.61. The third-order valence-corrected chi connectivity index (χ3v) is 3.51. The average molecular weight is 194 g/mol. The maximum Gasteiger partial charge on any atom is 0.107 e. The summed E-state index contributed by atoms with van der Waals surface area (Å²) in [5.41, 5.74) is 2.16. The highest BCUT2D eigenvalue weighted by Crippen LogP contribution is 2.40. The summed E-state index contributed by atoms with van der Waals surface area (Å²) in [6.07, 6.45) is 3.27. The molecular formula is C12H18O2. The Morgan fingerprint density at radius 3 is 2.21 bits per heavy atom. The van der Waals surface area contributed by atoms with Crippen molar-refractivity contribution in [3.63, 3.8) is 0 Å². The van der Waals surface area contributed by atoms with Crippen molar-refractivity contribution >= 4 is 0 Å². The van der Waals surface area contributed by atoms with Crippen LogP contribution in [0, 0.1) is 26.7 Å². The second-order valence-electron chi connectivity index (χ2n) is 4.39. The Hall–Kier alpha value is -0.760. The van der Waals surface area contributed by atoms with Gasteiger partial charge in [0.05, 0.1) is 6.10 Å². The van der Waals surface area contributed by atoms with Gasteiger partial charge in [0.25, 0.3) is 0 Å². The van der Waals surface area contributed by atoms with E-state index in [1.165, 1.54) is 6.42 Å². The Labute approximate surface area is 84.9 Å². The first-order valence-electron chi connectivity index (χ1n) is 5.35. The summed E-state index contributed by atoms with van der Waals surface area (Å²) in [6, 6.07) is 0. The molecule has 14 heavy (non-hydrogen) atoms. The van der Waals surface area contributed by atoms with Crippen LogP contribution in [0.1, 0.15) is 48.0 Å². The van der Waals surface area contributed by atoms with Gasteiger partial charge in [-0.2, -0.15) is 0 Å². The number of aliphatic hydroxyl groups is 1. The second kappa shape index (κ2) is 3.43. The summed E-state index contributed by atoms with van der Waals surface area (Å²) in [7, 11) is 0. The molecule has 1 heterocycles. The molecule has 1 aliphatic rings. The van der Waals surface area contributed by atoms with Crippen LogP contribution >= 0.6 is 0 Å². The van der Waals surface area contributed by atoms with Crippen molar-refractivity contribution < 1.29 is 9.52 Å². The van der Waals surface area contributed by atoms with Crippen LogP contribution < -0.4 is 0 Å². The molecule has 0 aromatic carbocycles. The van der Waals surface area contributed by atoms with E-state index in [1.54, 1.807) is 0 Å². The third-order valence-electron chi connectivity index (χ3n) is 3.51. The summed E-state index contributed by atoms with van der Waals surface area (Å²) in [6.45, 7) is 5.93. The number of rotatable bonds is 2. The van der Waals surface area contributed by atoms with E-state index in [1.807, 2.05) is 20.8 Å². The molecule has 0 amide bonds. The SMILES string of the molecule is Cc1oc(C)c(C(O)C2CCC2)c1C. The maximum atomic E-state index is 10.2. The highest BCUT2D eigenvalue weighted by atomic mass is 16.3. The van der Waals surface area contributed by atoms with E-state index in [-0.39, 0.29) is 6.10 Å². The monoisotopic (exact) mass is 194 g/mol.